The Labute approximate surface area is 196 Å². The largest absolute Gasteiger partial charge is 0.496 e. The van der Waals surface area contributed by atoms with Crippen LogP contribution in [0.15, 0.2) is 69.9 Å². The number of rotatable bonds is 4. The zero-order valence-electron chi connectivity index (χ0n) is 18.1. The fourth-order valence-corrected chi connectivity index (χ4v) is 3.99. The number of hydrogen-bond acceptors (Lipinski definition) is 7. The zero-order chi connectivity index (χ0) is 24.2. The van der Waals surface area contributed by atoms with Crippen molar-refractivity contribution in [3.8, 4) is 28.5 Å². The molecule has 0 saturated heterocycles. The summed E-state index contributed by atoms with van der Waals surface area (Å²) in [5.41, 5.74) is 1.20. The number of fused-ring (bicyclic) bond motifs is 1. The molecule has 0 radical (unpaired) electrons. The van der Waals surface area contributed by atoms with Crippen LogP contribution in [0, 0.1) is 5.82 Å². The Bertz CT molecular complexity index is 1570. The number of hydrogen-bond donors (Lipinski definition) is 1. The van der Waals surface area contributed by atoms with E-state index in [-0.39, 0.29) is 11.4 Å². The Hall–Kier alpha value is -4.31. The van der Waals surface area contributed by atoms with E-state index in [1.54, 1.807) is 37.5 Å². The van der Waals surface area contributed by atoms with Gasteiger partial charge in [-0.25, -0.2) is 4.39 Å². The minimum Gasteiger partial charge on any atom is -0.496 e. The average molecular weight is 479 g/mol. The van der Waals surface area contributed by atoms with E-state index in [4.69, 9.17) is 19.1 Å². The lowest BCUT2D eigenvalue weighted by Crippen LogP contribution is -2.23. The third-order valence-electron chi connectivity index (χ3n) is 4.56. The van der Waals surface area contributed by atoms with Gasteiger partial charge >= 0.3 is 0 Å². The van der Waals surface area contributed by atoms with Crippen LogP contribution in [-0.2, 0) is 4.79 Å². The number of aromatic nitrogens is 3. The second kappa shape index (κ2) is 9.67. The number of thiazole rings is 1. The first kappa shape index (κ1) is 22.9. The first-order valence-electron chi connectivity index (χ1n) is 9.95. The molecule has 5 rings (SSSR count). The molecule has 0 aliphatic heterocycles. The van der Waals surface area contributed by atoms with Crippen LogP contribution in [0.2, 0.25) is 0 Å². The van der Waals surface area contributed by atoms with Crippen LogP contribution in [0.3, 0.4) is 0 Å². The molecule has 3 aromatic heterocycles. The molecule has 0 spiro atoms. The maximum Gasteiger partial charge on any atom is 0.300 e. The lowest BCUT2D eigenvalue weighted by molar-refractivity contribution is -0.134. The van der Waals surface area contributed by atoms with Gasteiger partial charge in [0.25, 0.3) is 11.5 Å². The Morgan fingerprint density at radius 3 is 2.53 bits per heavy atom. The molecule has 0 aliphatic carbocycles. The second-order valence-electron chi connectivity index (χ2n) is 6.97. The van der Waals surface area contributed by atoms with E-state index in [1.165, 1.54) is 28.0 Å². The number of nitrogens with zero attached hydrogens (tertiary/aromatic N) is 3. The fourth-order valence-electron chi connectivity index (χ4n) is 3.11. The van der Waals surface area contributed by atoms with Gasteiger partial charge in [-0.15, -0.1) is 5.10 Å². The molecule has 5 aromatic rings. The van der Waals surface area contributed by atoms with Crippen LogP contribution in [0.1, 0.15) is 12.7 Å². The minimum atomic E-state index is -0.833. The molecular weight excluding hydrogens is 461 g/mol. The van der Waals surface area contributed by atoms with Crippen LogP contribution in [0.5, 0.6) is 5.75 Å². The third-order valence-corrected chi connectivity index (χ3v) is 5.52. The highest BCUT2D eigenvalue weighted by atomic mass is 32.1. The third kappa shape index (κ3) is 4.86. The quantitative estimate of drug-likeness (QED) is 0.417. The lowest BCUT2D eigenvalue weighted by Gasteiger charge is -2.03. The number of methoxy groups -OCH3 is 1. The molecule has 8 nitrogen and oxygen atoms in total. The van der Waals surface area contributed by atoms with E-state index in [9.17, 15) is 9.18 Å². The van der Waals surface area contributed by atoms with Crippen molar-refractivity contribution < 1.29 is 23.4 Å². The molecule has 0 unspecified atom stereocenters. The number of carboxylic acid groups (broad SMARTS) is 1. The molecule has 172 valence electrons. The SMILES string of the molecule is CC(=O)O.COc1ccccc1-c1nc2sc(=Cc3ccc(-c4ccc(F)cc4)o3)c(=O)n2n1. The molecule has 0 bridgehead atoms. The van der Waals surface area contributed by atoms with E-state index < -0.39 is 5.97 Å². The molecular formula is C24H18FN3O5S. The van der Waals surface area contributed by atoms with Crippen LogP contribution in [0.25, 0.3) is 33.7 Å². The molecule has 0 aliphatic rings. The summed E-state index contributed by atoms with van der Waals surface area (Å²) in [6, 6.07) is 16.9. The van der Waals surface area contributed by atoms with Crippen LogP contribution in [0.4, 0.5) is 4.39 Å². The van der Waals surface area contributed by atoms with Gasteiger partial charge in [0.05, 0.1) is 12.7 Å². The molecule has 1 N–H and O–H groups in total. The van der Waals surface area contributed by atoms with Crippen molar-refractivity contribution in [2.75, 3.05) is 7.11 Å². The van der Waals surface area contributed by atoms with Crippen molar-refractivity contribution in [1.82, 2.24) is 14.6 Å². The predicted molar refractivity (Wildman–Crippen MR) is 125 cm³/mol. The number of furan rings is 1. The molecule has 0 saturated carbocycles. The highest BCUT2D eigenvalue weighted by Gasteiger charge is 2.15. The summed E-state index contributed by atoms with van der Waals surface area (Å²) in [6.07, 6.45) is 1.65. The van der Waals surface area contributed by atoms with Gasteiger partial charge in [-0.1, -0.05) is 23.5 Å². The maximum absolute atomic E-state index is 13.1. The first-order chi connectivity index (χ1) is 16.4. The highest BCUT2D eigenvalue weighted by molar-refractivity contribution is 7.15. The van der Waals surface area contributed by atoms with Gasteiger partial charge in [0.15, 0.2) is 5.82 Å². The number of para-hydroxylation sites is 1. The Morgan fingerprint density at radius 1 is 1.15 bits per heavy atom. The van der Waals surface area contributed by atoms with Crippen LogP contribution >= 0.6 is 11.3 Å². The van der Waals surface area contributed by atoms with Crippen molar-refractivity contribution in [3.05, 3.63) is 87.1 Å². The smallest absolute Gasteiger partial charge is 0.300 e. The summed E-state index contributed by atoms with van der Waals surface area (Å²) in [4.78, 5) is 26.7. The monoisotopic (exact) mass is 479 g/mol. The normalized spacial score (nSPS) is 11.3. The van der Waals surface area contributed by atoms with Crippen molar-refractivity contribution in [2.24, 2.45) is 0 Å². The lowest BCUT2D eigenvalue weighted by atomic mass is 10.2. The van der Waals surface area contributed by atoms with Gasteiger partial charge in [-0.3, -0.25) is 9.59 Å². The van der Waals surface area contributed by atoms with E-state index in [1.807, 2.05) is 24.3 Å². The van der Waals surface area contributed by atoms with Crippen LogP contribution < -0.4 is 14.8 Å². The van der Waals surface area contributed by atoms with E-state index >= 15 is 0 Å². The van der Waals surface area contributed by atoms with Gasteiger partial charge in [-0.2, -0.15) is 9.50 Å². The van der Waals surface area contributed by atoms with E-state index in [0.717, 1.165) is 18.1 Å². The summed E-state index contributed by atoms with van der Waals surface area (Å²) in [5.74, 6) is 1.03. The Balaban J connectivity index is 0.000000636. The molecule has 0 atom stereocenters. The van der Waals surface area contributed by atoms with Crippen molar-refractivity contribution in [3.63, 3.8) is 0 Å². The summed E-state index contributed by atoms with van der Waals surface area (Å²) in [6.45, 7) is 1.08. The van der Waals surface area contributed by atoms with Crippen molar-refractivity contribution >= 4 is 28.3 Å². The van der Waals surface area contributed by atoms with Gasteiger partial charge in [0.1, 0.15) is 27.6 Å². The number of carboxylic acids is 1. The number of halogens is 1. The predicted octanol–water partition coefficient (Wildman–Crippen LogP) is 3.86. The van der Waals surface area contributed by atoms with Gasteiger partial charge in [0.2, 0.25) is 4.96 Å². The molecule has 34 heavy (non-hydrogen) atoms. The number of aliphatic carboxylic acids is 1. The second-order valence-corrected chi connectivity index (χ2v) is 7.98. The Kier molecular flexibility index (Phi) is 6.51. The fraction of sp³-hybridized carbons (Fsp3) is 0.0833. The minimum absolute atomic E-state index is 0.275. The number of benzene rings is 2. The zero-order valence-corrected chi connectivity index (χ0v) is 18.9. The maximum atomic E-state index is 13.1. The van der Waals surface area contributed by atoms with Crippen LogP contribution in [-0.4, -0.2) is 32.8 Å². The van der Waals surface area contributed by atoms with E-state index in [2.05, 4.69) is 10.1 Å². The molecule has 0 fully saturated rings. The van der Waals surface area contributed by atoms with Gasteiger partial charge < -0.3 is 14.3 Å². The van der Waals surface area contributed by atoms with Gasteiger partial charge in [0, 0.05) is 18.6 Å². The number of carbonyl (C=O) groups is 1. The summed E-state index contributed by atoms with van der Waals surface area (Å²) >= 11 is 1.23. The van der Waals surface area contributed by atoms with Gasteiger partial charge in [-0.05, 0) is 48.5 Å². The highest BCUT2D eigenvalue weighted by Crippen LogP contribution is 2.27. The summed E-state index contributed by atoms with van der Waals surface area (Å²) < 4.78 is 26.0. The molecule has 0 amide bonds. The molecule has 10 heteroatoms. The standard InChI is InChI=1S/C22H14FN3O3S.C2H4O2/c1-28-18-5-3-2-4-16(18)20-24-22-26(25-20)21(27)19(30-22)12-15-10-11-17(29-15)13-6-8-14(23)9-7-13;1-2(3)4/h2-12H,1H3;1H3,(H,3,4). The summed E-state index contributed by atoms with van der Waals surface area (Å²) in [7, 11) is 1.58. The van der Waals surface area contributed by atoms with E-state index in [0.29, 0.717) is 32.6 Å². The van der Waals surface area contributed by atoms with Crippen molar-refractivity contribution in [2.45, 2.75) is 6.92 Å². The first-order valence-corrected chi connectivity index (χ1v) is 10.8. The average Bonchev–Trinajstić information content (AvgIpc) is 3.51. The number of ether oxygens (including phenoxy) is 1. The Morgan fingerprint density at radius 2 is 1.85 bits per heavy atom. The molecule has 3 heterocycles. The molecule has 2 aromatic carbocycles. The topological polar surface area (TPSA) is 107 Å². The summed E-state index contributed by atoms with van der Waals surface area (Å²) in [5, 5.41) is 11.8. The van der Waals surface area contributed by atoms with Crippen molar-refractivity contribution in [1.29, 1.82) is 0 Å².